The van der Waals surface area contributed by atoms with Crippen molar-refractivity contribution in [3.63, 3.8) is 0 Å². The van der Waals surface area contributed by atoms with Gasteiger partial charge in [-0.25, -0.2) is 0 Å². The topological polar surface area (TPSA) is 64.1 Å². The quantitative estimate of drug-likeness (QED) is 0.228. The van der Waals surface area contributed by atoms with Gasteiger partial charge in [-0.05, 0) is 42.9 Å². The minimum absolute atomic E-state index is 0. The number of hydrogen-bond donors (Lipinski definition) is 2. The highest BCUT2D eigenvalue weighted by Gasteiger charge is 2.15. The van der Waals surface area contributed by atoms with Crippen molar-refractivity contribution in [3.8, 4) is 5.75 Å². The third-order valence-corrected chi connectivity index (χ3v) is 4.64. The average molecular weight is 491 g/mol. The van der Waals surface area contributed by atoms with Crippen LogP contribution >= 0.6 is 24.0 Å². The van der Waals surface area contributed by atoms with Crippen LogP contribution in [-0.2, 0) is 9.47 Å². The first-order valence-electron chi connectivity index (χ1n) is 9.50. The molecule has 0 amide bonds. The molecule has 1 fully saturated rings. The number of aliphatic imine (C=N–C) groups is 1. The average Bonchev–Trinajstić information content (AvgIpc) is 3.19. The van der Waals surface area contributed by atoms with Crippen LogP contribution in [0, 0.1) is 0 Å². The molecule has 0 bridgehead atoms. The third kappa shape index (κ3) is 9.12. The second-order valence-corrected chi connectivity index (χ2v) is 6.60. The SMILES string of the molecule is CN=C(NCCOCC1CCCO1)NCCC(C)c1ccc(OC)cc1.I. The van der Waals surface area contributed by atoms with Gasteiger partial charge in [0.2, 0.25) is 0 Å². The molecular weight excluding hydrogens is 457 g/mol. The number of nitrogens with one attached hydrogen (secondary N) is 2. The van der Waals surface area contributed by atoms with E-state index in [9.17, 15) is 0 Å². The van der Waals surface area contributed by atoms with Crippen LogP contribution in [0.15, 0.2) is 29.3 Å². The maximum Gasteiger partial charge on any atom is 0.191 e. The van der Waals surface area contributed by atoms with Crippen molar-refractivity contribution in [3.05, 3.63) is 29.8 Å². The Morgan fingerprint density at radius 1 is 1.26 bits per heavy atom. The van der Waals surface area contributed by atoms with Crippen molar-refractivity contribution < 1.29 is 14.2 Å². The smallest absolute Gasteiger partial charge is 0.191 e. The molecule has 2 rings (SSSR count). The summed E-state index contributed by atoms with van der Waals surface area (Å²) in [5.41, 5.74) is 1.32. The van der Waals surface area contributed by atoms with Crippen molar-refractivity contribution >= 4 is 29.9 Å². The Kier molecular flexibility index (Phi) is 12.4. The van der Waals surface area contributed by atoms with Gasteiger partial charge in [-0.1, -0.05) is 19.1 Å². The van der Waals surface area contributed by atoms with Crippen LogP contribution in [-0.4, -0.2) is 59.1 Å². The Morgan fingerprint density at radius 3 is 2.63 bits per heavy atom. The normalized spacial score (nSPS) is 17.9. The zero-order chi connectivity index (χ0) is 18.6. The van der Waals surface area contributed by atoms with Gasteiger partial charge in [0.15, 0.2) is 5.96 Å². The van der Waals surface area contributed by atoms with Crippen molar-refractivity contribution in [1.29, 1.82) is 0 Å². The van der Waals surface area contributed by atoms with E-state index in [2.05, 4.69) is 34.7 Å². The fourth-order valence-corrected chi connectivity index (χ4v) is 2.96. The standard InChI is InChI=1S/C20H33N3O3.HI/c1-16(17-6-8-18(24-3)9-7-17)10-11-22-20(21-2)23-12-14-25-15-19-5-4-13-26-19;/h6-9,16,19H,4-5,10-15H2,1-3H3,(H2,21,22,23);1H. The minimum Gasteiger partial charge on any atom is -0.497 e. The summed E-state index contributed by atoms with van der Waals surface area (Å²) < 4.78 is 16.4. The van der Waals surface area contributed by atoms with E-state index in [0.717, 1.165) is 50.7 Å². The van der Waals surface area contributed by atoms with Gasteiger partial charge in [0.25, 0.3) is 0 Å². The number of nitrogens with zero attached hydrogens (tertiary/aromatic N) is 1. The molecule has 154 valence electrons. The fraction of sp³-hybridized carbons (Fsp3) is 0.650. The van der Waals surface area contributed by atoms with E-state index in [1.54, 1.807) is 14.2 Å². The number of rotatable bonds is 10. The van der Waals surface area contributed by atoms with E-state index < -0.39 is 0 Å². The van der Waals surface area contributed by atoms with E-state index in [0.29, 0.717) is 19.1 Å². The second kappa shape index (κ2) is 14.0. The lowest BCUT2D eigenvalue weighted by Gasteiger charge is -2.16. The number of benzene rings is 1. The lowest BCUT2D eigenvalue weighted by atomic mass is 9.98. The largest absolute Gasteiger partial charge is 0.497 e. The van der Waals surface area contributed by atoms with E-state index in [1.807, 2.05) is 12.1 Å². The summed E-state index contributed by atoms with van der Waals surface area (Å²) in [5.74, 6) is 2.18. The van der Waals surface area contributed by atoms with Gasteiger partial charge in [-0.3, -0.25) is 4.99 Å². The summed E-state index contributed by atoms with van der Waals surface area (Å²) in [7, 11) is 3.48. The molecule has 2 N–H and O–H groups in total. The molecule has 0 radical (unpaired) electrons. The molecule has 1 aromatic rings. The maximum absolute atomic E-state index is 5.65. The zero-order valence-corrected chi connectivity index (χ0v) is 19.0. The number of guanidine groups is 1. The highest BCUT2D eigenvalue weighted by molar-refractivity contribution is 14.0. The summed E-state index contributed by atoms with van der Waals surface area (Å²) in [6, 6.07) is 8.27. The van der Waals surface area contributed by atoms with Crippen molar-refractivity contribution in [2.75, 3.05) is 47.1 Å². The van der Waals surface area contributed by atoms with Crippen LogP contribution in [0.5, 0.6) is 5.75 Å². The van der Waals surface area contributed by atoms with E-state index in [1.165, 1.54) is 5.56 Å². The van der Waals surface area contributed by atoms with Crippen LogP contribution in [0.3, 0.4) is 0 Å². The molecule has 7 heteroatoms. The maximum atomic E-state index is 5.65. The number of ether oxygens (including phenoxy) is 3. The predicted molar refractivity (Wildman–Crippen MR) is 121 cm³/mol. The molecule has 1 aromatic carbocycles. The zero-order valence-electron chi connectivity index (χ0n) is 16.7. The van der Waals surface area contributed by atoms with Gasteiger partial charge in [0.1, 0.15) is 5.75 Å². The number of hydrogen-bond acceptors (Lipinski definition) is 4. The van der Waals surface area contributed by atoms with E-state index >= 15 is 0 Å². The van der Waals surface area contributed by atoms with Gasteiger partial charge in [-0.2, -0.15) is 0 Å². The molecule has 0 saturated carbocycles. The Labute approximate surface area is 180 Å². The molecule has 1 saturated heterocycles. The number of methoxy groups -OCH3 is 1. The van der Waals surface area contributed by atoms with Gasteiger partial charge >= 0.3 is 0 Å². The molecule has 2 unspecified atom stereocenters. The van der Waals surface area contributed by atoms with Gasteiger partial charge in [-0.15, -0.1) is 24.0 Å². The summed E-state index contributed by atoms with van der Waals surface area (Å²) >= 11 is 0. The minimum atomic E-state index is 0. The highest BCUT2D eigenvalue weighted by Crippen LogP contribution is 2.21. The van der Waals surface area contributed by atoms with Crippen molar-refractivity contribution in [2.45, 2.75) is 38.2 Å². The molecule has 27 heavy (non-hydrogen) atoms. The molecule has 1 aliphatic rings. The molecule has 0 spiro atoms. The van der Waals surface area contributed by atoms with Crippen molar-refractivity contribution in [2.24, 2.45) is 4.99 Å². The highest BCUT2D eigenvalue weighted by atomic mass is 127. The third-order valence-electron chi connectivity index (χ3n) is 4.64. The van der Waals surface area contributed by atoms with Crippen LogP contribution < -0.4 is 15.4 Å². The Balaban J connectivity index is 0.00000364. The van der Waals surface area contributed by atoms with Crippen LogP contribution in [0.2, 0.25) is 0 Å². The van der Waals surface area contributed by atoms with Crippen LogP contribution in [0.1, 0.15) is 37.7 Å². The van der Waals surface area contributed by atoms with Gasteiger partial charge in [0.05, 0.1) is 26.4 Å². The molecule has 1 heterocycles. The summed E-state index contributed by atoms with van der Waals surface area (Å²) in [6.45, 7) is 6.05. The summed E-state index contributed by atoms with van der Waals surface area (Å²) in [4.78, 5) is 4.25. The Bertz CT molecular complexity index is 534. The molecule has 2 atom stereocenters. The molecular formula is C20H34IN3O3. The van der Waals surface area contributed by atoms with Gasteiger partial charge in [0, 0.05) is 26.7 Å². The first-order valence-corrected chi connectivity index (χ1v) is 9.50. The van der Waals surface area contributed by atoms with Crippen molar-refractivity contribution in [1.82, 2.24) is 10.6 Å². The Hall–Kier alpha value is -1.06. The first kappa shape index (κ1) is 24.0. The lowest BCUT2D eigenvalue weighted by Crippen LogP contribution is -2.39. The summed E-state index contributed by atoms with van der Waals surface area (Å²) in [5, 5.41) is 6.64. The van der Waals surface area contributed by atoms with E-state index in [-0.39, 0.29) is 30.1 Å². The predicted octanol–water partition coefficient (Wildman–Crippen LogP) is 3.17. The Morgan fingerprint density at radius 2 is 2.00 bits per heavy atom. The van der Waals surface area contributed by atoms with Crippen LogP contribution in [0.4, 0.5) is 0 Å². The molecule has 6 nitrogen and oxygen atoms in total. The van der Waals surface area contributed by atoms with Gasteiger partial charge < -0.3 is 24.8 Å². The molecule has 0 aromatic heterocycles. The monoisotopic (exact) mass is 491 g/mol. The fourth-order valence-electron chi connectivity index (χ4n) is 2.96. The number of halogens is 1. The first-order chi connectivity index (χ1) is 12.7. The summed E-state index contributed by atoms with van der Waals surface area (Å²) in [6.07, 6.45) is 3.58. The lowest BCUT2D eigenvalue weighted by molar-refractivity contribution is 0.0191. The van der Waals surface area contributed by atoms with Crippen LogP contribution in [0.25, 0.3) is 0 Å². The molecule has 1 aliphatic heterocycles. The second-order valence-electron chi connectivity index (χ2n) is 6.60. The van der Waals surface area contributed by atoms with E-state index in [4.69, 9.17) is 14.2 Å². The molecule has 0 aliphatic carbocycles.